The molecule has 3 aromatic rings. The van der Waals surface area contributed by atoms with E-state index in [1.165, 1.54) is 6.07 Å². The van der Waals surface area contributed by atoms with E-state index < -0.39 is 0 Å². The van der Waals surface area contributed by atoms with E-state index in [4.69, 9.17) is 28.3 Å². The van der Waals surface area contributed by atoms with Gasteiger partial charge in [-0.25, -0.2) is 4.98 Å². The maximum absolute atomic E-state index is 10.0. The number of pyridine rings is 1. The first-order chi connectivity index (χ1) is 10.1. The summed E-state index contributed by atoms with van der Waals surface area (Å²) in [5.41, 5.74) is 2.79. The van der Waals surface area contributed by atoms with Crippen LogP contribution in [0.5, 0.6) is 5.75 Å². The van der Waals surface area contributed by atoms with Crippen LogP contribution in [0, 0.1) is 0 Å². The van der Waals surface area contributed by atoms with Gasteiger partial charge in [0, 0.05) is 36.5 Å². The number of aromatic nitrogens is 2. The summed E-state index contributed by atoms with van der Waals surface area (Å²) in [6, 6.07) is 6.71. The highest BCUT2D eigenvalue weighted by molar-refractivity contribution is 6.44. The lowest BCUT2D eigenvalue weighted by molar-refractivity contribution is 0.298. The van der Waals surface area contributed by atoms with Crippen LogP contribution in [0.3, 0.4) is 0 Å². The van der Waals surface area contributed by atoms with E-state index in [0.717, 1.165) is 16.9 Å². The van der Waals surface area contributed by atoms with Crippen LogP contribution in [-0.4, -0.2) is 26.2 Å². The van der Waals surface area contributed by atoms with Crippen LogP contribution in [0.25, 0.3) is 16.8 Å². The summed E-state index contributed by atoms with van der Waals surface area (Å²) in [7, 11) is 0. The minimum atomic E-state index is 0.0532. The molecule has 21 heavy (non-hydrogen) atoms. The number of phenolic OH excluding ortho intramolecular Hbond substituents is 1. The van der Waals surface area contributed by atoms with Gasteiger partial charge in [-0.3, -0.25) is 0 Å². The van der Waals surface area contributed by atoms with Gasteiger partial charge in [0.05, 0.1) is 15.7 Å². The van der Waals surface area contributed by atoms with E-state index >= 15 is 0 Å². The van der Waals surface area contributed by atoms with Crippen molar-refractivity contribution in [2.24, 2.45) is 0 Å². The molecule has 0 amide bonds. The van der Waals surface area contributed by atoms with E-state index in [1.54, 1.807) is 6.07 Å². The fraction of sp³-hybridized carbons (Fsp3) is 0.133. The zero-order chi connectivity index (χ0) is 15.0. The average molecular weight is 323 g/mol. The Bertz CT molecular complexity index is 815. The van der Waals surface area contributed by atoms with E-state index in [-0.39, 0.29) is 12.4 Å². The highest BCUT2D eigenvalue weighted by atomic mass is 35.5. The first-order valence-electron chi connectivity index (χ1n) is 6.36. The minimum absolute atomic E-state index is 0.0532. The van der Waals surface area contributed by atoms with E-state index in [0.29, 0.717) is 22.0 Å². The van der Waals surface area contributed by atoms with Crippen molar-refractivity contribution in [3.05, 3.63) is 52.4 Å². The number of aliphatic hydroxyl groups is 1. The normalized spacial score (nSPS) is 11.2. The molecule has 6 heteroatoms. The number of aromatic hydroxyl groups is 1. The SMILES string of the molecule is OCCc1cn2cc(-c3c(O)ccc(Cl)c3Cl)ccc2n1. The molecular formula is C15H12Cl2N2O2. The molecule has 0 aliphatic heterocycles. The Morgan fingerprint density at radius 3 is 2.67 bits per heavy atom. The van der Waals surface area contributed by atoms with Gasteiger partial charge >= 0.3 is 0 Å². The monoisotopic (exact) mass is 322 g/mol. The van der Waals surface area contributed by atoms with Crippen molar-refractivity contribution in [1.29, 1.82) is 0 Å². The molecule has 2 heterocycles. The number of imidazole rings is 1. The van der Waals surface area contributed by atoms with E-state index in [2.05, 4.69) is 4.98 Å². The highest BCUT2D eigenvalue weighted by Crippen LogP contribution is 2.40. The van der Waals surface area contributed by atoms with Gasteiger partial charge in [-0.2, -0.15) is 0 Å². The van der Waals surface area contributed by atoms with Gasteiger partial charge in [-0.05, 0) is 24.3 Å². The van der Waals surface area contributed by atoms with Crippen LogP contribution < -0.4 is 0 Å². The molecule has 0 unspecified atom stereocenters. The molecule has 0 saturated carbocycles. The molecular weight excluding hydrogens is 311 g/mol. The molecule has 0 fully saturated rings. The largest absolute Gasteiger partial charge is 0.507 e. The van der Waals surface area contributed by atoms with Gasteiger partial charge in [0.2, 0.25) is 0 Å². The number of phenols is 1. The molecule has 0 saturated heterocycles. The molecule has 2 aromatic heterocycles. The molecule has 0 aliphatic carbocycles. The average Bonchev–Trinajstić information content (AvgIpc) is 2.85. The van der Waals surface area contributed by atoms with Crippen LogP contribution in [0.1, 0.15) is 5.69 Å². The summed E-state index contributed by atoms with van der Waals surface area (Å²) in [6.45, 7) is 0.0532. The molecule has 4 nitrogen and oxygen atoms in total. The summed E-state index contributed by atoms with van der Waals surface area (Å²) in [5.74, 6) is 0.0689. The molecule has 0 radical (unpaired) electrons. The second-order valence-corrected chi connectivity index (χ2v) is 5.43. The summed E-state index contributed by atoms with van der Waals surface area (Å²) in [6.07, 6.45) is 4.16. The molecule has 0 spiro atoms. The first-order valence-corrected chi connectivity index (χ1v) is 7.11. The van der Waals surface area contributed by atoms with Crippen LogP contribution in [0.15, 0.2) is 36.7 Å². The maximum atomic E-state index is 10.0. The van der Waals surface area contributed by atoms with Gasteiger partial charge in [0.15, 0.2) is 0 Å². The standard InChI is InChI=1S/C15H12Cl2N2O2/c16-11-2-3-12(21)14(15(11)17)9-1-4-13-18-10(5-6-20)8-19(13)7-9/h1-4,7-8,20-21H,5-6H2. The zero-order valence-corrected chi connectivity index (χ0v) is 12.4. The number of benzene rings is 1. The molecule has 2 N–H and O–H groups in total. The Labute approximate surface area is 131 Å². The second kappa shape index (κ2) is 5.56. The van der Waals surface area contributed by atoms with Gasteiger partial charge in [-0.15, -0.1) is 0 Å². The van der Waals surface area contributed by atoms with Crippen molar-refractivity contribution in [3.63, 3.8) is 0 Å². The number of rotatable bonds is 3. The third kappa shape index (κ3) is 2.58. The number of hydrogen-bond acceptors (Lipinski definition) is 3. The third-order valence-corrected chi connectivity index (χ3v) is 4.03. The van der Waals surface area contributed by atoms with Crippen molar-refractivity contribution >= 4 is 28.8 Å². The quantitative estimate of drug-likeness (QED) is 0.775. The molecule has 1 aromatic carbocycles. The summed E-state index contributed by atoms with van der Waals surface area (Å²) < 4.78 is 1.83. The number of fused-ring (bicyclic) bond motifs is 1. The summed E-state index contributed by atoms with van der Waals surface area (Å²) in [5, 5.41) is 19.7. The Morgan fingerprint density at radius 1 is 1.10 bits per heavy atom. The molecule has 108 valence electrons. The predicted molar refractivity (Wildman–Crippen MR) is 83.1 cm³/mol. The number of halogens is 2. The van der Waals surface area contributed by atoms with Crippen LogP contribution >= 0.6 is 23.2 Å². The number of nitrogens with zero attached hydrogens (tertiary/aromatic N) is 2. The zero-order valence-electron chi connectivity index (χ0n) is 10.9. The van der Waals surface area contributed by atoms with Crippen molar-refractivity contribution < 1.29 is 10.2 Å². The minimum Gasteiger partial charge on any atom is -0.507 e. The highest BCUT2D eigenvalue weighted by Gasteiger charge is 2.13. The van der Waals surface area contributed by atoms with Crippen LogP contribution in [-0.2, 0) is 6.42 Å². The lowest BCUT2D eigenvalue weighted by Gasteiger charge is -2.09. The predicted octanol–water partition coefficient (Wildman–Crippen LogP) is 3.55. The second-order valence-electron chi connectivity index (χ2n) is 4.64. The molecule has 0 atom stereocenters. The fourth-order valence-electron chi connectivity index (χ4n) is 2.24. The van der Waals surface area contributed by atoms with Gasteiger partial charge in [-0.1, -0.05) is 23.2 Å². The van der Waals surface area contributed by atoms with Crippen molar-refractivity contribution in [2.75, 3.05) is 6.61 Å². The van der Waals surface area contributed by atoms with Crippen molar-refractivity contribution in [1.82, 2.24) is 9.38 Å². The van der Waals surface area contributed by atoms with Crippen LogP contribution in [0.4, 0.5) is 0 Å². The summed E-state index contributed by atoms with van der Waals surface area (Å²) in [4.78, 5) is 4.38. The fourth-order valence-corrected chi connectivity index (χ4v) is 2.67. The third-order valence-electron chi connectivity index (χ3n) is 3.23. The molecule has 0 bridgehead atoms. The topological polar surface area (TPSA) is 57.8 Å². The Hall–Kier alpha value is -1.75. The van der Waals surface area contributed by atoms with Gasteiger partial charge < -0.3 is 14.6 Å². The van der Waals surface area contributed by atoms with Crippen LogP contribution in [0.2, 0.25) is 10.0 Å². The molecule has 0 aliphatic rings. The smallest absolute Gasteiger partial charge is 0.137 e. The van der Waals surface area contributed by atoms with E-state index in [1.807, 2.05) is 28.9 Å². The lowest BCUT2D eigenvalue weighted by Crippen LogP contribution is -1.89. The summed E-state index contributed by atoms with van der Waals surface area (Å²) >= 11 is 12.2. The Balaban J connectivity index is 2.15. The Kier molecular flexibility index (Phi) is 3.76. The van der Waals surface area contributed by atoms with Gasteiger partial charge in [0.25, 0.3) is 0 Å². The number of aliphatic hydroxyl groups excluding tert-OH is 1. The first kappa shape index (κ1) is 14.2. The molecule has 3 rings (SSSR count). The van der Waals surface area contributed by atoms with Crippen molar-refractivity contribution in [2.45, 2.75) is 6.42 Å². The van der Waals surface area contributed by atoms with Gasteiger partial charge in [0.1, 0.15) is 11.4 Å². The Morgan fingerprint density at radius 2 is 1.90 bits per heavy atom. The van der Waals surface area contributed by atoms with Crippen molar-refractivity contribution in [3.8, 4) is 16.9 Å². The van der Waals surface area contributed by atoms with E-state index in [9.17, 15) is 5.11 Å². The lowest BCUT2D eigenvalue weighted by atomic mass is 10.1. The number of hydrogen-bond donors (Lipinski definition) is 2. The maximum Gasteiger partial charge on any atom is 0.137 e.